The smallest absolute Gasteiger partial charge is 0.407 e. The van der Waals surface area contributed by atoms with Crippen LogP contribution in [0.1, 0.15) is 46.6 Å². The van der Waals surface area contributed by atoms with E-state index in [1.54, 1.807) is 39.4 Å². The molecule has 2 aromatic heterocycles. The molecule has 1 atom stereocenters. The third kappa shape index (κ3) is 10.6. The Morgan fingerprint density at radius 3 is 2.38 bits per heavy atom. The zero-order valence-electron chi connectivity index (χ0n) is 23.3. The number of carbonyl (C=O) groups excluding carboxylic acids is 2. The number of carbonyl (C=O) groups is 2. The molecule has 3 aromatic rings. The summed E-state index contributed by atoms with van der Waals surface area (Å²) in [6, 6.07) is 10.3. The van der Waals surface area contributed by atoms with E-state index in [0.29, 0.717) is 5.82 Å². The van der Waals surface area contributed by atoms with Crippen LogP contribution in [0.4, 0.5) is 22.2 Å². The van der Waals surface area contributed by atoms with E-state index in [2.05, 4.69) is 30.9 Å². The van der Waals surface area contributed by atoms with Crippen molar-refractivity contribution < 1.29 is 24.2 Å². The van der Waals surface area contributed by atoms with Crippen LogP contribution in [-0.2, 0) is 20.9 Å². The molecule has 1 aromatic carbocycles. The van der Waals surface area contributed by atoms with Crippen LogP contribution in [0, 0.1) is 0 Å². The summed E-state index contributed by atoms with van der Waals surface area (Å²) in [6.07, 6.45) is 4.62. The summed E-state index contributed by atoms with van der Waals surface area (Å²) in [4.78, 5) is 37.1. The molecule has 2 heterocycles. The Morgan fingerprint density at radius 1 is 1.03 bits per heavy atom. The molecule has 0 saturated heterocycles. The minimum absolute atomic E-state index is 0.0438. The van der Waals surface area contributed by atoms with Gasteiger partial charge in [-0.2, -0.15) is 0 Å². The van der Waals surface area contributed by atoms with Gasteiger partial charge in [0.1, 0.15) is 17.5 Å². The van der Waals surface area contributed by atoms with Gasteiger partial charge in [-0.1, -0.05) is 26.0 Å². The summed E-state index contributed by atoms with van der Waals surface area (Å²) >= 11 is 0. The lowest BCUT2D eigenvalue weighted by Crippen LogP contribution is -2.38. The zero-order valence-corrected chi connectivity index (χ0v) is 23.3. The number of aliphatic hydroxyl groups is 1. The number of nitrogens with one attached hydrogen (secondary N) is 3. The average Bonchev–Trinajstić information content (AvgIpc) is 2.93. The molecule has 0 radical (unpaired) electrons. The lowest BCUT2D eigenvalue weighted by Gasteiger charge is -2.20. The third-order valence-electron chi connectivity index (χ3n) is 5.02. The topological polar surface area (TPSA) is 148 Å². The van der Waals surface area contributed by atoms with Crippen LogP contribution in [0.2, 0.25) is 0 Å². The summed E-state index contributed by atoms with van der Waals surface area (Å²) in [5.74, 6) is 0.358. The number of hydrogen-bond acceptors (Lipinski definition) is 10. The molecule has 11 heteroatoms. The van der Waals surface area contributed by atoms with Crippen molar-refractivity contribution in [1.29, 1.82) is 0 Å². The van der Waals surface area contributed by atoms with E-state index >= 15 is 0 Å². The van der Waals surface area contributed by atoms with Crippen LogP contribution in [-0.4, -0.2) is 57.4 Å². The van der Waals surface area contributed by atoms with E-state index in [4.69, 9.17) is 9.47 Å². The van der Waals surface area contributed by atoms with Gasteiger partial charge < -0.3 is 30.5 Å². The summed E-state index contributed by atoms with van der Waals surface area (Å²) in [5.41, 5.74) is 2.58. The number of benzene rings is 1. The fourth-order valence-electron chi connectivity index (χ4n) is 3.31. The Kier molecular flexibility index (Phi) is 12.1. The number of amides is 1. The molecule has 0 saturated carbocycles. The van der Waals surface area contributed by atoms with Gasteiger partial charge in [-0.3, -0.25) is 0 Å². The first-order valence-electron chi connectivity index (χ1n) is 12.7. The number of aromatic nitrogens is 3. The van der Waals surface area contributed by atoms with E-state index in [1.807, 2.05) is 50.2 Å². The molecular weight excluding hydrogens is 500 g/mol. The first-order chi connectivity index (χ1) is 18.7. The van der Waals surface area contributed by atoms with E-state index in [0.717, 1.165) is 22.4 Å². The van der Waals surface area contributed by atoms with Crippen molar-refractivity contribution in [1.82, 2.24) is 20.3 Å². The Labute approximate surface area is 229 Å². The van der Waals surface area contributed by atoms with Gasteiger partial charge in [-0.15, -0.1) is 0 Å². The number of rotatable bonds is 10. The zero-order chi connectivity index (χ0) is 28.8. The molecule has 3 rings (SSSR count). The number of methoxy groups -OCH3 is 1. The van der Waals surface area contributed by atoms with Crippen molar-refractivity contribution in [3.63, 3.8) is 0 Å². The predicted octanol–water partition coefficient (Wildman–Crippen LogP) is 4.67. The number of anilines is 3. The van der Waals surface area contributed by atoms with Crippen LogP contribution in [0.15, 0.2) is 55.0 Å². The third-order valence-corrected chi connectivity index (χ3v) is 5.02. The molecule has 0 aliphatic heterocycles. The highest BCUT2D eigenvalue weighted by Crippen LogP contribution is 2.23. The van der Waals surface area contributed by atoms with Gasteiger partial charge in [-0.25, -0.2) is 24.5 Å². The second-order valence-electron chi connectivity index (χ2n) is 9.15. The second kappa shape index (κ2) is 15.2. The number of ether oxygens (including phenoxy) is 2. The Balaban J connectivity index is 0.00000260. The molecule has 210 valence electrons. The Hall–Kier alpha value is -4.25. The number of alkyl carbamates (subject to hydrolysis) is 1. The van der Waals surface area contributed by atoms with Gasteiger partial charge in [-0.05, 0) is 62.6 Å². The summed E-state index contributed by atoms with van der Waals surface area (Å²) in [5, 5.41) is 18.1. The number of nitrogens with zero attached hydrogens (tertiary/aromatic N) is 3. The van der Waals surface area contributed by atoms with Gasteiger partial charge in [0.15, 0.2) is 0 Å². The van der Waals surface area contributed by atoms with E-state index in [1.165, 1.54) is 7.11 Å². The van der Waals surface area contributed by atoms with Crippen molar-refractivity contribution in [2.75, 3.05) is 24.3 Å². The molecule has 1 unspecified atom stereocenters. The summed E-state index contributed by atoms with van der Waals surface area (Å²) < 4.78 is 10.1. The molecule has 0 fully saturated rings. The second-order valence-corrected chi connectivity index (χ2v) is 9.15. The fraction of sp³-hybridized carbons (Fsp3) is 0.393. The molecular formula is C28H38N6O5. The largest absolute Gasteiger partial charge is 0.467 e. The van der Waals surface area contributed by atoms with Crippen LogP contribution >= 0.6 is 0 Å². The molecule has 1 amide bonds. The van der Waals surface area contributed by atoms with Crippen LogP contribution in [0.25, 0.3) is 11.1 Å². The minimum atomic E-state index is -0.766. The maximum absolute atomic E-state index is 12.2. The molecule has 0 spiro atoms. The van der Waals surface area contributed by atoms with Gasteiger partial charge in [0.25, 0.3) is 0 Å². The first kappa shape index (κ1) is 31.0. The van der Waals surface area contributed by atoms with Crippen molar-refractivity contribution >= 4 is 29.5 Å². The van der Waals surface area contributed by atoms with Crippen LogP contribution < -0.4 is 16.0 Å². The maximum Gasteiger partial charge on any atom is 0.407 e. The maximum atomic E-state index is 12.2. The molecule has 0 bridgehead atoms. The lowest BCUT2D eigenvalue weighted by atomic mass is 10.1. The predicted molar refractivity (Wildman–Crippen MR) is 151 cm³/mol. The molecule has 39 heavy (non-hydrogen) atoms. The van der Waals surface area contributed by atoms with Gasteiger partial charge >= 0.3 is 12.1 Å². The van der Waals surface area contributed by atoms with Gasteiger partial charge in [0.2, 0.25) is 5.95 Å². The van der Waals surface area contributed by atoms with Gasteiger partial charge in [0, 0.05) is 36.4 Å². The fourth-order valence-corrected chi connectivity index (χ4v) is 3.31. The Morgan fingerprint density at radius 2 is 1.74 bits per heavy atom. The summed E-state index contributed by atoms with van der Waals surface area (Å²) in [6.45, 7) is 9.46. The van der Waals surface area contributed by atoms with Crippen molar-refractivity contribution in [3.05, 3.63) is 60.6 Å². The quantitative estimate of drug-likeness (QED) is 0.268. The molecule has 0 aliphatic carbocycles. The normalized spacial score (nSPS) is 11.4. The lowest BCUT2D eigenvalue weighted by molar-refractivity contribution is -0.141. The highest BCUT2D eigenvalue weighted by Gasteiger charge is 2.21. The number of hydrogen-bond donors (Lipinski definition) is 4. The SMILES string of the molecule is CC.COC(=O)C(CCNC(=O)OC(C)(C)C)Nc1ncc(-c2ccnc(Nc3cccc(CO)c3)c2)cn1. The average molecular weight is 539 g/mol. The Bertz CT molecular complexity index is 1200. The van der Waals surface area contributed by atoms with Crippen LogP contribution in [0.3, 0.4) is 0 Å². The number of pyridine rings is 1. The van der Waals surface area contributed by atoms with E-state index in [9.17, 15) is 14.7 Å². The summed E-state index contributed by atoms with van der Waals surface area (Å²) in [7, 11) is 1.29. The van der Waals surface area contributed by atoms with Crippen LogP contribution in [0.5, 0.6) is 0 Å². The van der Waals surface area contributed by atoms with E-state index < -0.39 is 23.7 Å². The highest BCUT2D eigenvalue weighted by molar-refractivity contribution is 5.78. The standard InChI is InChI=1S/C26H32N6O5.C2H6/c1-26(2,3)37-25(35)28-11-9-21(23(34)36-4)32-24-29-14-19(15-30-24)18-8-10-27-22(13-18)31-20-7-5-6-17(12-20)16-33;1-2/h5-8,10,12-15,21,33H,9,11,16H2,1-4H3,(H,27,31)(H,28,35)(H,29,30,32);1-2H3. The van der Waals surface area contributed by atoms with Gasteiger partial charge in [0.05, 0.1) is 13.7 Å². The van der Waals surface area contributed by atoms with Crippen molar-refractivity contribution in [2.45, 2.75) is 59.3 Å². The molecule has 11 nitrogen and oxygen atoms in total. The number of esters is 1. The highest BCUT2D eigenvalue weighted by atomic mass is 16.6. The van der Waals surface area contributed by atoms with Crippen molar-refractivity contribution in [3.8, 4) is 11.1 Å². The van der Waals surface area contributed by atoms with E-state index in [-0.39, 0.29) is 25.5 Å². The van der Waals surface area contributed by atoms with Crippen molar-refractivity contribution in [2.24, 2.45) is 0 Å². The first-order valence-corrected chi connectivity index (χ1v) is 12.7. The monoisotopic (exact) mass is 538 g/mol. The number of aliphatic hydroxyl groups excluding tert-OH is 1. The molecule has 0 aliphatic rings. The molecule has 4 N–H and O–H groups in total. The minimum Gasteiger partial charge on any atom is -0.467 e.